The molecular weight excluding hydrogens is 144 g/mol. The van der Waals surface area contributed by atoms with Crippen molar-refractivity contribution in [3.8, 4) is 5.75 Å². The van der Waals surface area contributed by atoms with Gasteiger partial charge in [-0.05, 0) is 12.1 Å². The van der Waals surface area contributed by atoms with Gasteiger partial charge >= 0.3 is 0 Å². The van der Waals surface area contributed by atoms with Gasteiger partial charge in [-0.1, -0.05) is 18.2 Å². The molecule has 1 rings (SSSR count). The van der Waals surface area contributed by atoms with Crippen LogP contribution in [0.2, 0.25) is 0 Å². The highest BCUT2D eigenvalue weighted by Crippen LogP contribution is 1.93. The van der Waals surface area contributed by atoms with Crippen LogP contribution < -0.4 is 5.43 Å². The molecule has 0 fully saturated rings. The molecule has 1 aromatic rings. The van der Waals surface area contributed by atoms with Gasteiger partial charge in [0.1, 0.15) is 6.79 Å². The summed E-state index contributed by atoms with van der Waals surface area (Å²) >= 11 is 0. The fraction of sp³-hybridized carbons (Fsp3) is 0. The molecule has 3 heteroatoms. The lowest BCUT2D eigenvalue weighted by Crippen LogP contribution is -1.90. The summed E-state index contributed by atoms with van der Waals surface area (Å²) in [5.74, 6) is -0.208. The Kier molecular flexibility index (Phi) is 4.40. The van der Waals surface area contributed by atoms with Gasteiger partial charge in [-0.15, -0.1) is 0 Å². The number of carbonyl (C=O) groups is 1. The zero-order valence-electron chi connectivity index (χ0n) is 5.86. The molecule has 0 aliphatic rings. The Labute approximate surface area is 63.9 Å². The monoisotopic (exact) mass is 152 g/mol. The molecule has 0 saturated carbocycles. The summed E-state index contributed by atoms with van der Waals surface area (Å²) in [4.78, 5) is 18.6. The molecule has 1 N–H and O–H groups in total. The highest BCUT2D eigenvalue weighted by molar-refractivity contribution is 5.17. The van der Waals surface area contributed by atoms with Gasteiger partial charge in [-0.2, -0.15) is 0 Å². The standard InChI is InChI=1S/C7H6O2.CH2O/c8-6-4-2-1-3-5-7(6)9;1-2/h1-5H,(H,8,9);1H2. The van der Waals surface area contributed by atoms with E-state index in [0.29, 0.717) is 0 Å². The molecule has 58 valence electrons. The van der Waals surface area contributed by atoms with E-state index < -0.39 is 0 Å². The van der Waals surface area contributed by atoms with Gasteiger partial charge in [0.05, 0.1) is 0 Å². The molecule has 1 aromatic carbocycles. The van der Waals surface area contributed by atoms with Gasteiger partial charge in [0.25, 0.3) is 0 Å². The highest BCUT2D eigenvalue weighted by Gasteiger charge is 1.85. The quantitative estimate of drug-likeness (QED) is 0.591. The van der Waals surface area contributed by atoms with Gasteiger partial charge in [0, 0.05) is 0 Å². The van der Waals surface area contributed by atoms with Crippen LogP contribution >= 0.6 is 0 Å². The average molecular weight is 152 g/mol. The molecule has 0 spiro atoms. The molecular formula is C8H8O3. The largest absolute Gasteiger partial charge is 0.504 e. The van der Waals surface area contributed by atoms with Crippen LogP contribution in [0.25, 0.3) is 0 Å². The normalized spacial score (nSPS) is 7.64. The zero-order chi connectivity index (χ0) is 8.69. The van der Waals surface area contributed by atoms with Gasteiger partial charge in [0.15, 0.2) is 5.75 Å². The maximum atomic E-state index is 10.6. The number of aromatic hydroxyl groups is 1. The van der Waals surface area contributed by atoms with Gasteiger partial charge in [0.2, 0.25) is 5.43 Å². The van der Waals surface area contributed by atoms with E-state index in [0.717, 1.165) is 0 Å². The topological polar surface area (TPSA) is 54.4 Å². The average Bonchev–Trinajstić information content (AvgIpc) is 2.22. The Balaban J connectivity index is 0.000000461. The number of rotatable bonds is 0. The second-order valence-electron chi connectivity index (χ2n) is 1.66. The van der Waals surface area contributed by atoms with Crippen LogP contribution in [0, 0.1) is 0 Å². The summed E-state index contributed by atoms with van der Waals surface area (Å²) < 4.78 is 0. The Morgan fingerprint density at radius 1 is 1.09 bits per heavy atom. The summed E-state index contributed by atoms with van der Waals surface area (Å²) in [5, 5.41) is 8.77. The molecule has 0 radical (unpaired) electrons. The third kappa shape index (κ3) is 3.15. The first kappa shape index (κ1) is 9.36. The molecule has 0 unspecified atom stereocenters. The third-order valence-corrected chi connectivity index (χ3v) is 0.976. The third-order valence-electron chi connectivity index (χ3n) is 0.976. The first-order valence-corrected chi connectivity index (χ1v) is 2.88. The van der Waals surface area contributed by atoms with Crippen molar-refractivity contribution in [3.05, 3.63) is 40.6 Å². The van der Waals surface area contributed by atoms with Crippen molar-refractivity contribution in [1.29, 1.82) is 0 Å². The van der Waals surface area contributed by atoms with Crippen molar-refractivity contribution in [2.45, 2.75) is 0 Å². The van der Waals surface area contributed by atoms with Crippen LogP contribution in [-0.2, 0) is 4.79 Å². The van der Waals surface area contributed by atoms with E-state index in [4.69, 9.17) is 9.90 Å². The molecule has 0 aliphatic carbocycles. The minimum atomic E-state index is -0.347. The molecule has 0 heterocycles. The Morgan fingerprint density at radius 3 is 2.27 bits per heavy atom. The lowest BCUT2D eigenvalue weighted by Gasteiger charge is -1.74. The molecule has 0 atom stereocenters. The summed E-state index contributed by atoms with van der Waals surface area (Å²) in [6.45, 7) is 2.00. The van der Waals surface area contributed by atoms with Crippen molar-refractivity contribution >= 4 is 6.79 Å². The van der Waals surface area contributed by atoms with Gasteiger partial charge in [-0.25, -0.2) is 0 Å². The maximum absolute atomic E-state index is 10.6. The minimum Gasteiger partial charge on any atom is -0.504 e. The van der Waals surface area contributed by atoms with Gasteiger partial charge < -0.3 is 9.90 Å². The Bertz CT molecular complexity index is 270. The van der Waals surface area contributed by atoms with Crippen molar-refractivity contribution in [2.75, 3.05) is 0 Å². The summed E-state index contributed by atoms with van der Waals surface area (Å²) in [7, 11) is 0. The van der Waals surface area contributed by atoms with Crippen LogP contribution in [0.5, 0.6) is 5.75 Å². The summed E-state index contributed by atoms with van der Waals surface area (Å²) in [6.07, 6.45) is 0. The predicted octanol–water partition coefficient (Wildman–Crippen LogP) is 0.568. The van der Waals surface area contributed by atoms with E-state index in [2.05, 4.69) is 0 Å². The second kappa shape index (κ2) is 5.17. The molecule has 0 saturated heterocycles. The Morgan fingerprint density at radius 2 is 1.64 bits per heavy atom. The lowest BCUT2D eigenvalue weighted by atomic mass is 10.5. The molecule has 11 heavy (non-hydrogen) atoms. The number of carbonyl (C=O) groups excluding carboxylic acids is 1. The first-order chi connectivity index (χ1) is 5.30. The van der Waals surface area contributed by atoms with Gasteiger partial charge in [-0.3, -0.25) is 4.79 Å². The molecule has 3 nitrogen and oxygen atoms in total. The van der Waals surface area contributed by atoms with Crippen molar-refractivity contribution in [2.24, 2.45) is 0 Å². The Hall–Kier alpha value is -1.64. The fourth-order valence-corrected chi connectivity index (χ4v) is 0.521. The van der Waals surface area contributed by atoms with E-state index in [9.17, 15) is 4.79 Å². The zero-order valence-corrected chi connectivity index (χ0v) is 5.86. The van der Waals surface area contributed by atoms with Crippen LogP contribution in [-0.4, -0.2) is 11.9 Å². The minimum absolute atomic E-state index is 0.208. The van der Waals surface area contributed by atoms with Crippen LogP contribution in [0.1, 0.15) is 0 Å². The SMILES string of the molecule is C=O.O=c1cccccc1O. The van der Waals surface area contributed by atoms with Crippen LogP contribution in [0.15, 0.2) is 35.1 Å². The van der Waals surface area contributed by atoms with E-state index in [1.807, 2.05) is 6.79 Å². The smallest absolute Gasteiger partial charge is 0.220 e. The van der Waals surface area contributed by atoms with E-state index in [1.165, 1.54) is 12.1 Å². The maximum Gasteiger partial charge on any atom is 0.220 e. The van der Waals surface area contributed by atoms with E-state index in [-0.39, 0.29) is 11.2 Å². The van der Waals surface area contributed by atoms with Crippen LogP contribution in [0.4, 0.5) is 0 Å². The van der Waals surface area contributed by atoms with Crippen molar-refractivity contribution in [1.82, 2.24) is 0 Å². The molecule has 0 aliphatic heterocycles. The van der Waals surface area contributed by atoms with E-state index >= 15 is 0 Å². The van der Waals surface area contributed by atoms with E-state index in [1.54, 1.807) is 18.2 Å². The lowest BCUT2D eigenvalue weighted by molar-refractivity contribution is -0.0979. The second-order valence-corrected chi connectivity index (χ2v) is 1.66. The number of hydrogen-bond acceptors (Lipinski definition) is 3. The fourth-order valence-electron chi connectivity index (χ4n) is 0.521. The van der Waals surface area contributed by atoms with Crippen LogP contribution in [0.3, 0.4) is 0 Å². The molecule has 0 amide bonds. The predicted molar refractivity (Wildman–Crippen MR) is 41.5 cm³/mol. The molecule has 0 bridgehead atoms. The van der Waals surface area contributed by atoms with Crippen molar-refractivity contribution < 1.29 is 9.90 Å². The first-order valence-electron chi connectivity index (χ1n) is 2.88. The number of hydrogen-bond donors (Lipinski definition) is 1. The molecule has 0 aromatic heterocycles. The highest BCUT2D eigenvalue weighted by atomic mass is 16.3. The van der Waals surface area contributed by atoms with Crippen molar-refractivity contribution in [3.63, 3.8) is 0 Å². The summed E-state index contributed by atoms with van der Waals surface area (Å²) in [6, 6.07) is 7.55. The summed E-state index contributed by atoms with van der Waals surface area (Å²) in [5.41, 5.74) is -0.347.